The zero-order valence-corrected chi connectivity index (χ0v) is 45.9. The van der Waals surface area contributed by atoms with Crippen molar-refractivity contribution >= 4 is 11.9 Å². The molecular weight excluding hydrogens is 837 g/mol. The third-order valence-corrected chi connectivity index (χ3v) is 13.3. The van der Waals surface area contributed by atoms with Gasteiger partial charge in [-0.25, -0.2) is 0 Å². The van der Waals surface area contributed by atoms with E-state index >= 15 is 0 Å². The molecule has 398 valence electrons. The Balaban J connectivity index is 4.25. The third-order valence-electron chi connectivity index (χ3n) is 13.3. The normalized spacial score (nSPS) is 12.5. The van der Waals surface area contributed by atoms with Crippen LogP contribution in [0.15, 0.2) is 48.6 Å². The number of hydrogen-bond donors (Lipinski definition) is 0. The van der Waals surface area contributed by atoms with Crippen molar-refractivity contribution in [3.63, 3.8) is 0 Å². The van der Waals surface area contributed by atoms with E-state index in [0.717, 1.165) is 57.8 Å². The van der Waals surface area contributed by atoms with E-state index in [1.807, 2.05) is 0 Å². The van der Waals surface area contributed by atoms with Gasteiger partial charge >= 0.3 is 11.9 Å². The van der Waals surface area contributed by atoms with Gasteiger partial charge in [0.05, 0.1) is 6.61 Å². The number of allylic oxidation sites excluding steroid dienone is 8. The maximum atomic E-state index is 12.8. The molecule has 0 aromatic rings. The molecule has 0 radical (unpaired) electrons. The summed E-state index contributed by atoms with van der Waals surface area (Å²) in [6.07, 6.45) is 74.3. The molecule has 0 aromatic carbocycles. The minimum atomic E-state index is -0.554. The van der Waals surface area contributed by atoms with Crippen molar-refractivity contribution < 1.29 is 23.8 Å². The molecule has 0 bridgehead atoms. The van der Waals surface area contributed by atoms with Crippen molar-refractivity contribution in [3.8, 4) is 0 Å². The number of hydrogen-bond acceptors (Lipinski definition) is 5. The molecule has 0 aliphatic heterocycles. The number of rotatable bonds is 56. The van der Waals surface area contributed by atoms with Crippen molar-refractivity contribution in [2.45, 2.75) is 322 Å². The second kappa shape index (κ2) is 59.2. The molecule has 0 aliphatic carbocycles. The van der Waals surface area contributed by atoms with Crippen LogP contribution < -0.4 is 0 Å². The van der Waals surface area contributed by atoms with E-state index in [1.54, 1.807) is 0 Å². The Morgan fingerprint density at radius 3 is 1.06 bits per heavy atom. The lowest BCUT2D eigenvalue weighted by Crippen LogP contribution is -2.30. The van der Waals surface area contributed by atoms with Crippen LogP contribution in [-0.2, 0) is 23.8 Å². The highest BCUT2D eigenvalue weighted by molar-refractivity contribution is 5.70. The summed E-state index contributed by atoms with van der Waals surface area (Å²) in [4.78, 5) is 25.5. The van der Waals surface area contributed by atoms with Gasteiger partial charge < -0.3 is 14.2 Å². The summed E-state index contributed by atoms with van der Waals surface area (Å²) in [7, 11) is 0. The van der Waals surface area contributed by atoms with Crippen LogP contribution in [0.25, 0.3) is 0 Å². The van der Waals surface area contributed by atoms with Gasteiger partial charge in [0.15, 0.2) is 6.10 Å². The first-order valence-corrected chi connectivity index (χ1v) is 30.2. The number of carbonyl (C=O) groups is 2. The SMILES string of the molecule is CCCCC/C=C\C/C=C\C/C=C\CCCCC(=O)O[C@H](COCCCCCCCCCCCCCCCCCC)COC(=O)CCCCCCCCCCCCC/C=C\CCCCCCCC. The summed E-state index contributed by atoms with van der Waals surface area (Å²) in [5.41, 5.74) is 0. The predicted molar refractivity (Wildman–Crippen MR) is 298 cm³/mol. The van der Waals surface area contributed by atoms with Gasteiger partial charge in [-0.05, 0) is 83.5 Å². The van der Waals surface area contributed by atoms with E-state index in [0.29, 0.717) is 19.4 Å². The molecule has 0 rings (SSSR count). The van der Waals surface area contributed by atoms with Crippen LogP contribution in [0.2, 0.25) is 0 Å². The summed E-state index contributed by atoms with van der Waals surface area (Å²) < 4.78 is 17.5. The van der Waals surface area contributed by atoms with E-state index in [9.17, 15) is 9.59 Å². The number of esters is 2. The first-order valence-electron chi connectivity index (χ1n) is 30.2. The Bertz CT molecular complexity index is 1120. The molecule has 1 atom stereocenters. The van der Waals surface area contributed by atoms with E-state index in [4.69, 9.17) is 14.2 Å². The van der Waals surface area contributed by atoms with E-state index in [1.165, 1.54) is 225 Å². The summed E-state index contributed by atoms with van der Waals surface area (Å²) in [6.45, 7) is 7.81. The summed E-state index contributed by atoms with van der Waals surface area (Å²) >= 11 is 0. The van der Waals surface area contributed by atoms with Crippen molar-refractivity contribution in [2.75, 3.05) is 19.8 Å². The number of carbonyl (C=O) groups excluding carboxylic acids is 2. The molecule has 0 saturated carbocycles. The smallest absolute Gasteiger partial charge is 0.306 e. The van der Waals surface area contributed by atoms with Crippen molar-refractivity contribution in [1.82, 2.24) is 0 Å². The maximum absolute atomic E-state index is 12.8. The van der Waals surface area contributed by atoms with Crippen LogP contribution in [0.3, 0.4) is 0 Å². The lowest BCUT2D eigenvalue weighted by Gasteiger charge is -2.18. The van der Waals surface area contributed by atoms with Gasteiger partial charge in [0.25, 0.3) is 0 Å². The second-order valence-corrected chi connectivity index (χ2v) is 20.3. The van der Waals surface area contributed by atoms with Crippen LogP contribution in [0.4, 0.5) is 0 Å². The molecule has 0 aromatic heterocycles. The monoisotopic (exact) mass is 953 g/mol. The van der Waals surface area contributed by atoms with E-state index < -0.39 is 6.10 Å². The lowest BCUT2D eigenvalue weighted by molar-refractivity contribution is -0.163. The first-order chi connectivity index (χ1) is 33.6. The lowest BCUT2D eigenvalue weighted by atomic mass is 10.0. The third kappa shape index (κ3) is 56.4. The Labute approximate surface area is 424 Å². The van der Waals surface area contributed by atoms with E-state index in [2.05, 4.69) is 69.4 Å². The summed E-state index contributed by atoms with van der Waals surface area (Å²) in [5, 5.41) is 0. The highest BCUT2D eigenvalue weighted by Gasteiger charge is 2.17. The quantitative estimate of drug-likeness (QED) is 0.0345. The molecule has 0 saturated heterocycles. The average molecular weight is 954 g/mol. The molecule has 5 nitrogen and oxygen atoms in total. The molecule has 0 aliphatic rings. The van der Waals surface area contributed by atoms with Gasteiger partial charge in [-0.2, -0.15) is 0 Å². The number of unbranched alkanes of at least 4 members (excludes halogenated alkanes) is 37. The van der Waals surface area contributed by atoms with Gasteiger partial charge in [0, 0.05) is 19.4 Å². The van der Waals surface area contributed by atoms with Crippen LogP contribution >= 0.6 is 0 Å². The molecule has 68 heavy (non-hydrogen) atoms. The Hall–Kier alpha value is -2.14. The molecule has 0 unspecified atom stereocenters. The fourth-order valence-corrected chi connectivity index (χ4v) is 8.81. The second-order valence-electron chi connectivity index (χ2n) is 20.3. The predicted octanol–water partition coefficient (Wildman–Crippen LogP) is 20.7. The van der Waals surface area contributed by atoms with Crippen LogP contribution in [0, 0.1) is 0 Å². The minimum Gasteiger partial charge on any atom is -0.462 e. The fraction of sp³-hybridized carbons (Fsp3) is 0.841. The molecule has 0 N–H and O–H groups in total. The van der Waals surface area contributed by atoms with Gasteiger partial charge in [0.1, 0.15) is 6.61 Å². The molecule has 5 heteroatoms. The van der Waals surface area contributed by atoms with Gasteiger partial charge in [-0.15, -0.1) is 0 Å². The molecular formula is C63H116O5. The molecule has 0 heterocycles. The maximum Gasteiger partial charge on any atom is 0.306 e. The fourth-order valence-electron chi connectivity index (χ4n) is 8.81. The minimum absolute atomic E-state index is 0.0738. The molecule has 0 amide bonds. The van der Waals surface area contributed by atoms with Crippen LogP contribution in [-0.4, -0.2) is 37.9 Å². The molecule has 0 spiro atoms. The van der Waals surface area contributed by atoms with Crippen LogP contribution in [0.5, 0.6) is 0 Å². The largest absolute Gasteiger partial charge is 0.462 e. The highest BCUT2D eigenvalue weighted by atomic mass is 16.6. The Morgan fingerprint density at radius 2 is 0.618 bits per heavy atom. The average Bonchev–Trinajstić information content (AvgIpc) is 3.34. The Kier molecular flexibility index (Phi) is 57.3. The highest BCUT2D eigenvalue weighted by Crippen LogP contribution is 2.16. The molecule has 0 fully saturated rings. The van der Waals surface area contributed by atoms with Gasteiger partial charge in [-0.3, -0.25) is 9.59 Å². The van der Waals surface area contributed by atoms with E-state index in [-0.39, 0.29) is 25.2 Å². The first kappa shape index (κ1) is 65.9. The van der Waals surface area contributed by atoms with Crippen LogP contribution in [0.1, 0.15) is 316 Å². The standard InChI is InChI=1S/C63H116O5/c1-4-7-10-13-16-19-22-25-28-30-31-32-33-34-36-38-41-44-47-50-53-56-62(64)67-60-61(59-66-58-55-52-49-46-43-40-37-29-26-23-20-17-14-11-8-5-2)68-63(65)57-54-51-48-45-42-39-35-27-24-21-18-15-12-9-6-3/h18,21,25,27-28,35,42,45,61H,4-17,19-20,22-24,26,29-34,36-41,43-44,46-60H2,1-3H3/b21-18-,28-25-,35-27-,45-42-/t61-/m1/s1. The zero-order valence-electron chi connectivity index (χ0n) is 45.9. The number of ether oxygens (including phenoxy) is 3. The zero-order chi connectivity index (χ0) is 49.2. The van der Waals surface area contributed by atoms with Gasteiger partial charge in [0.2, 0.25) is 0 Å². The summed E-state index contributed by atoms with van der Waals surface area (Å²) in [5.74, 6) is -0.425. The van der Waals surface area contributed by atoms with Crippen molar-refractivity contribution in [3.05, 3.63) is 48.6 Å². The van der Waals surface area contributed by atoms with Gasteiger partial charge in [-0.1, -0.05) is 268 Å². The van der Waals surface area contributed by atoms with Crippen molar-refractivity contribution in [1.29, 1.82) is 0 Å². The topological polar surface area (TPSA) is 61.8 Å². The van der Waals surface area contributed by atoms with Crippen molar-refractivity contribution in [2.24, 2.45) is 0 Å². The summed E-state index contributed by atoms with van der Waals surface area (Å²) in [6, 6.07) is 0. The Morgan fingerprint density at radius 1 is 0.324 bits per heavy atom.